The Hall–Kier alpha value is -0.280. The van der Waals surface area contributed by atoms with E-state index in [9.17, 15) is 4.79 Å². The van der Waals surface area contributed by atoms with Crippen molar-refractivity contribution in [2.24, 2.45) is 5.92 Å². The molecule has 20 heavy (non-hydrogen) atoms. The Morgan fingerprint density at radius 1 is 1.15 bits per heavy atom. The SMILES string of the molecule is CNCCCC(=O)N1CCCC1CC1CCCCC1.Cl. The van der Waals surface area contributed by atoms with Crippen molar-refractivity contribution in [1.29, 1.82) is 0 Å². The molecule has 2 rings (SSSR count). The number of amides is 1. The van der Waals surface area contributed by atoms with Crippen LogP contribution < -0.4 is 5.32 Å². The van der Waals surface area contributed by atoms with Gasteiger partial charge >= 0.3 is 0 Å². The Bertz CT molecular complexity index is 280. The molecule has 2 fully saturated rings. The highest BCUT2D eigenvalue weighted by Gasteiger charge is 2.30. The van der Waals surface area contributed by atoms with E-state index in [1.807, 2.05) is 7.05 Å². The van der Waals surface area contributed by atoms with Gasteiger partial charge in [-0.15, -0.1) is 12.4 Å². The summed E-state index contributed by atoms with van der Waals surface area (Å²) in [6, 6.07) is 0.560. The molecule has 1 saturated carbocycles. The number of likely N-dealkylation sites (tertiary alicyclic amines) is 1. The average Bonchev–Trinajstić information content (AvgIpc) is 2.88. The van der Waals surface area contributed by atoms with E-state index in [4.69, 9.17) is 0 Å². The Kier molecular flexibility index (Phi) is 8.55. The highest BCUT2D eigenvalue weighted by molar-refractivity contribution is 5.85. The van der Waals surface area contributed by atoms with Crippen LogP contribution in [0.15, 0.2) is 0 Å². The summed E-state index contributed by atoms with van der Waals surface area (Å²) in [7, 11) is 1.95. The third-order valence-corrected chi connectivity index (χ3v) is 4.85. The summed E-state index contributed by atoms with van der Waals surface area (Å²) >= 11 is 0. The zero-order valence-corrected chi connectivity index (χ0v) is 13.7. The summed E-state index contributed by atoms with van der Waals surface area (Å²) in [5.41, 5.74) is 0. The van der Waals surface area contributed by atoms with Gasteiger partial charge in [0.2, 0.25) is 5.91 Å². The van der Waals surface area contributed by atoms with Gasteiger partial charge in [0, 0.05) is 19.0 Å². The lowest BCUT2D eigenvalue weighted by Gasteiger charge is -2.30. The van der Waals surface area contributed by atoms with Crippen molar-refractivity contribution >= 4 is 18.3 Å². The van der Waals surface area contributed by atoms with Gasteiger partial charge < -0.3 is 10.2 Å². The van der Waals surface area contributed by atoms with Gasteiger partial charge in [0.15, 0.2) is 0 Å². The molecule has 1 unspecified atom stereocenters. The number of nitrogens with one attached hydrogen (secondary N) is 1. The first-order valence-corrected chi connectivity index (χ1v) is 8.25. The smallest absolute Gasteiger partial charge is 0.222 e. The van der Waals surface area contributed by atoms with Crippen LogP contribution in [0, 0.1) is 5.92 Å². The van der Waals surface area contributed by atoms with E-state index >= 15 is 0 Å². The van der Waals surface area contributed by atoms with Crippen LogP contribution in [0.25, 0.3) is 0 Å². The highest BCUT2D eigenvalue weighted by atomic mass is 35.5. The molecule has 0 radical (unpaired) electrons. The number of carbonyl (C=O) groups is 1. The fourth-order valence-electron chi connectivity index (χ4n) is 3.78. The third kappa shape index (κ3) is 5.25. The molecule has 0 spiro atoms. The van der Waals surface area contributed by atoms with E-state index in [-0.39, 0.29) is 12.4 Å². The van der Waals surface area contributed by atoms with Gasteiger partial charge in [-0.1, -0.05) is 32.1 Å². The number of carbonyl (C=O) groups excluding carboxylic acids is 1. The molecular formula is C16H31ClN2O. The zero-order chi connectivity index (χ0) is 13.5. The minimum absolute atomic E-state index is 0. The molecule has 1 aliphatic carbocycles. The normalized spacial score (nSPS) is 23.6. The maximum absolute atomic E-state index is 12.3. The highest BCUT2D eigenvalue weighted by Crippen LogP contribution is 2.32. The molecule has 1 N–H and O–H groups in total. The summed E-state index contributed by atoms with van der Waals surface area (Å²) in [6.07, 6.45) is 12.5. The summed E-state index contributed by atoms with van der Waals surface area (Å²) in [5, 5.41) is 3.12. The fraction of sp³-hybridized carbons (Fsp3) is 0.938. The molecule has 1 saturated heterocycles. The maximum Gasteiger partial charge on any atom is 0.222 e. The minimum Gasteiger partial charge on any atom is -0.340 e. The Morgan fingerprint density at radius 3 is 2.60 bits per heavy atom. The average molecular weight is 303 g/mol. The second kappa shape index (κ2) is 9.62. The van der Waals surface area contributed by atoms with Crippen LogP contribution in [-0.2, 0) is 4.79 Å². The first kappa shape index (κ1) is 17.8. The standard InChI is InChI=1S/C16H30N2O.ClH/c1-17-11-5-10-16(19)18-12-6-9-15(18)13-14-7-3-2-4-8-14;/h14-15,17H,2-13H2,1H3;1H. The molecular weight excluding hydrogens is 272 g/mol. The van der Waals surface area contributed by atoms with Crippen LogP contribution in [0.3, 0.4) is 0 Å². The summed E-state index contributed by atoms with van der Waals surface area (Å²) in [5.74, 6) is 1.29. The first-order valence-electron chi connectivity index (χ1n) is 8.25. The Morgan fingerprint density at radius 2 is 1.90 bits per heavy atom. The molecule has 2 aliphatic rings. The molecule has 1 heterocycles. The number of halogens is 1. The van der Waals surface area contributed by atoms with Crippen molar-refractivity contribution in [3.8, 4) is 0 Å². The molecule has 1 aliphatic heterocycles. The van der Waals surface area contributed by atoms with E-state index < -0.39 is 0 Å². The predicted octanol–water partition coefficient (Wildman–Crippen LogP) is 3.37. The predicted molar refractivity (Wildman–Crippen MR) is 86.3 cm³/mol. The van der Waals surface area contributed by atoms with Crippen LogP contribution in [0.4, 0.5) is 0 Å². The lowest BCUT2D eigenvalue weighted by molar-refractivity contribution is -0.132. The third-order valence-electron chi connectivity index (χ3n) is 4.85. The molecule has 0 aromatic rings. The molecule has 0 aromatic heterocycles. The number of hydrogen-bond donors (Lipinski definition) is 1. The number of hydrogen-bond acceptors (Lipinski definition) is 2. The van der Waals surface area contributed by atoms with E-state index in [0.717, 1.165) is 31.8 Å². The Labute approximate surface area is 130 Å². The minimum atomic E-state index is 0. The van der Waals surface area contributed by atoms with Crippen molar-refractivity contribution in [2.45, 2.75) is 70.3 Å². The topological polar surface area (TPSA) is 32.3 Å². The number of rotatable bonds is 6. The molecule has 0 bridgehead atoms. The van der Waals surface area contributed by atoms with Crippen LogP contribution in [-0.4, -0.2) is 37.0 Å². The van der Waals surface area contributed by atoms with Crippen LogP contribution >= 0.6 is 12.4 Å². The second-order valence-electron chi connectivity index (χ2n) is 6.33. The van der Waals surface area contributed by atoms with Gasteiger partial charge in [-0.05, 0) is 45.2 Å². The monoisotopic (exact) mass is 302 g/mol. The molecule has 118 valence electrons. The van der Waals surface area contributed by atoms with Gasteiger partial charge in [0.1, 0.15) is 0 Å². The van der Waals surface area contributed by atoms with Crippen LogP contribution in [0.2, 0.25) is 0 Å². The second-order valence-corrected chi connectivity index (χ2v) is 6.33. The van der Waals surface area contributed by atoms with Crippen LogP contribution in [0.5, 0.6) is 0 Å². The molecule has 4 heteroatoms. The molecule has 1 atom stereocenters. The van der Waals surface area contributed by atoms with Gasteiger partial charge in [0.25, 0.3) is 0 Å². The fourth-order valence-corrected chi connectivity index (χ4v) is 3.78. The molecule has 0 aromatic carbocycles. The Balaban J connectivity index is 0.00000200. The van der Waals surface area contributed by atoms with Crippen molar-refractivity contribution in [3.05, 3.63) is 0 Å². The van der Waals surface area contributed by atoms with Crippen LogP contribution in [0.1, 0.15) is 64.2 Å². The van der Waals surface area contributed by atoms with Crippen molar-refractivity contribution in [2.75, 3.05) is 20.1 Å². The largest absolute Gasteiger partial charge is 0.340 e. The maximum atomic E-state index is 12.3. The van der Waals surface area contributed by atoms with Crippen molar-refractivity contribution < 1.29 is 4.79 Å². The lowest BCUT2D eigenvalue weighted by atomic mass is 9.84. The zero-order valence-electron chi connectivity index (χ0n) is 12.9. The lowest BCUT2D eigenvalue weighted by Crippen LogP contribution is -2.37. The van der Waals surface area contributed by atoms with Crippen molar-refractivity contribution in [1.82, 2.24) is 10.2 Å². The van der Waals surface area contributed by atoms with E-state index in [2.05, 4.69) is 10.2 Å². The molecule has 1 amide bonds. The summed E-state index contributed by atoms with van der Waals surface area (Å²) < 4.78 is 0. The van der Waals surface area contributed by atoms with E-state index in [0.29, 0.717) is 11.9 Å². The first-order chi connectivity index (χ1) is 9.31. The van der Waals surface area contributed by atoms with Gasteiger partial charge in [-0.2, -0.15) is 0 Å². The molecule has 3 nitrogen and oxygen atoms in total. The number of nitrogens with zero attached hydrogens (tertiary/aromatic N) is 1. The van der Waals surface area contributed by atoms with Crippen molar-refractivity contribution in [3.63, 3.8) is 0 Å². The summed E-state index contributed by atoms with van der Waals surface area (Å²) in [4.78, 5) is 14.5. The van der Waals surface area contributed by atoms with Gasteiger partial charge in [0.05, 0.1) is 0 Å². The van der Waals surface area contributed by atoms with Gasteiger partial charge in [-0.3, -0.25) is 4.79 Å². The summed E-state index contributed by atoms with van der Waals surface area (Å²) in [6.45, 7) is 1.96. The van der Waals surface area contributed by atoms with Gasteiger partial charge in [-0.25, -0.2) is 0 Å². The quantitative estimate of drug-likeness (QED) is 0.763. The van der Waals surface area contributed by atoms with E-state index in [1.54, 1.807) is 0 Å². The van der Waals surface area contributed by atoms with E-state index in [1.165, 1.54) is 51.4 Å².